The van der Waals surface area contributed by atoms with Gasteiger partial charge in [-0.2, -0.15) is 0 Å². The lowest BCUT2D eigenvalue weighted by Crippen LogP contribution is -2.23. The Bertz CT molecular complexity index is 1050. The number of carbonyl (C=O) groups is 1. The molecule has 3 N–H and O–H groups in total. The summed E-state index contributed by atoms with van der Waals surface area (Å²) in [5.74, 6) is 0.705. The topological polar surface area (TPSA) is 96.5 Å². The van der Waals surface area contributed by atoms with E-state index < -0.39 is 16.1 Å². The van der Waals surface area contributed by atoms with Gasteiger partial charge in [0.05, 0.1) is 12.0 Å². The van der Waals surface area contributed by atoms with Gasteiger partial charge in [-0.25, -0.2) is 17.9 Å². The quantitative estimate of drug-likeness (QED) is 0.551. The highest BCUT2D eigenvalue weighted by atomic mass is 32.2. The molecule has 0 aliphatic heterocycles. The van der Waals surface area contributed by atoms with Crippen LogP contribution in [-0.2, 0) is 16.6 Å². The van der Waals surface area contributed by atoms with E-state index in [0.29, 0.717) is 17.1 Å². The predicted molar refractivity (Wildman–Crippen MR) is 113 cm³/mol. The first-order valence-corrected chi connectivity index (χ1v) is 10.3. The average molecular weight is 411 g/mol. The second-order valence-electron chi connectivity index (χ2n) is 6.14. The zero-order chi connectivity index (χ0) is 20.7. The van der Waals surface area contributed by atoms with Crippen LogP contribution in [0.5, 0.6) is 5.75 Å². The number of benzene rings is 3. The molecule has 29 heavy (non-hydrogen) atoms. The third-order valence-corrected chi connectivity index (χ3v) is 5.50. The molecule has 0 radical (unpaired) electrons. The van der Waals surface area contributed by atoms with Crippen molar-refractivity contribution in [3.05, 3.63) is 84.4 Å². The number of hydrogen-bond acceptors (Lipinski definition) is 4. The summed E-state index contributed by atoms with van der Waals surface area (Å²) < 4.78 is 32.6. The van der Waals surface area contributed by atoms with Gasteiger partial charge in [-0.1, -0.05) is 30.3 Å². The van der Waals surface area contributed by atoms with Gasteiger partial charge in [-0.3, -0.25) is 0 Å². The van der Waals surface area contributed by atoms with Crippen molar-refractivity contribution >= 4 is 27.4 Å². The molecule has 150 valence electrons. The van der Waals surface area contributed by atoms with E-state index in [2.05, 4.69) is 15.4 Å². The van der Waals surface area contributed by atoms with Gasteiger partial charge in [0.15, 0.2) is 0 Å². The number of urea groups is 1. The van der Waals surface area contributed by atoms with Crippen LogP contribution in [0.3, 0.4) is 0 Å². The number of amides is 2. The van der Waals surface area contributed by atoms with Gasteiger partial charge in [0.1, 0.15) is 5.75 Å². The summed E-state index contributed by atoms with van der Waals surface area (Å²) in [5.41, 5.74) is 1.95. The normalized spacial score (nSPS) is 10.9. The van der Waals surface area contributed by atoms with Gasteiger partial charge in [0.25, 0.3) is 0 Å². The molecule has 8 heteroatoms. The molecule has 0 aromatic heterocycles. The Kier molecular flexibility index (Phi) is 6.48. The molecule has 0 bridgehead atoms. The number of methoxy groups -OCH3 is 1. The molecule has 3 aromatic carbocycles. The maximum absolute atomic E-state index is 12.5. The van der Waals surface area contributed by atoms with E-state index in [1.165, 1.54) is 24.3 Å². The summed E-state index contributed by atoms with van der Waals surface area (Å²) in [6.07, 6.45) is 0. The molecule has 0 heterocycles. The van der Waals surface area contributed by atoms with Gasteiger partial charge in [-0.05, 0) is 54.1 Å². The first kappa shape index (κ1) is 20.4. The third kappa shape index (κ3) is 5.81. The number of carbonyl (C=O) groups excluding carboxylic acids is 1. The number of hydrogen-bond donors (Lipinski definition) is 3. The molecule has 0 aliphatic rings. The van der Waals surface area contributed by atoms with E-state index in [-0.39, 0.29) is 11.4 Å². The maximum atomic E-state index is 12.5. The van der Waals surface area contributed by atoms with Crippen molar-refractivity contribution in [2.24, 2.45) is 0 Å². The van der Waals surface area contributed by atoms with Gasteiger partial charge in [0.2, 0.25) is 10.0 Å². The largest absolute Gasteiger partial charge is 0.497 e. The van der Waals surface area contributed by atoms with Gasteiger partial charge in [-0.15, -0.1) is 0 Å². The van der Waals surface area contributed by atoms with E-state index in [1.54, 1.807) is 43.5 Å². The van der Waals surface area contributed by atoms with Crippen LogP contribution in [0, 0.1) is 0 Å². The minimum absolute atomic E-state index is 0.111. The molecule has 3 rings (SSSR count). The number of ether oxygens (including phenoxy) is 1. The highest BCUT2D eigenvalue weighted by Crippen LogP contribution is 2.16. The highest BCUT2D eigenvalue weighted by Gasteiger charge is 2.14. The van der Waals surface area contributed by atoms with E-state index in [0.717, 1.165) is 5.56 Å². The van der Waals surface area contributed by atoms with Crippen LogP contribution in [0.25, 0.3) is 0 Å². The van der Waals surface area contributed by atoms with Crippen molar-refractivity contribution in [3.8, 4) is 5.75 Å². The first-order chi connectivity index (χ1) is 14.0. The van der Waals surface area contributed by atoms with Crippen molar-refractivity contribution in [1.29, 1.82) is 0 Å². The number of rotatable bonds is 7. The Balaban J connectivity index is 1.58. The van der Waals surface area contributed by atoms with Crippen molar-refractivity contribution in [3.63, 3.8) is 0 Å². The molecular weight excluding hydrogens is 390 g/mol. The zero-order valence-electron chi connectivity index (χ0n) is 15.8. The number of nitrogens with one attached hydrogen (secondary N) is 3. The van der Waals surface area contributed by atoms with Crippen LogP contribution in [0.15, 0.2) is 83.8 Å². The predicted octanol–water partition coefficient (Wildman–Crippen LogP) is 3.82. The Morgan fingerprint density at radius 3 is 2.00 bits per heavy atom. The fraction of sp³-hybridized carbons (Fsp3) is 0.0952. The van der Waals surface area contributed by atoms with Crippen LogP contribution in [0.2, 0.25) is 0 Å². The Hall–Kier alpha value is -3.36. The lowest BCUT2D eigenvalue weighted by Gasteiger charge is -2.10. The lowest BCUT2D eigenvalue weighted by molar-refractivity contribution is 0.262. The van der Waals surface area contributed by atoms with Crippen LogP contribution in [-0.4, -0.2) is 21.6 Å². The first-order valence-electron chi connectivity index (χ1n) is 8.82. The summed E-state index contributed by atoms with van der Waals surface area (Å²) in [5, 5.41) is 5.35. The van der Waals surface area contributed by atoms with Crippen molar-refractivity contribution < 1.29 is 17.9 Å². The third-order valence-electron chi connectivity index (χ3n) is 4.08. The lowest BCUT2D eigenvalue weighted by atomic mass is 10.2. The minimum Gasteiger partial charge on any atom is -0.497 e. The number of para-hydroxylation sites is 1. The summed E-state index contributed by atoms with van der Waals surface area (Å²) in [6, 6.07) is 21.7. The Morgan fingerprint density at radius 1 is 0.828 bits per heavy atom. The van der Waals surface area contributed by atoms with Crippen LogP contribution >= 0.6 is 0 Å². The van der Waals surface area contributed by atoms with E-state index in [1.807, 2.05) is 18.2 Å². The standard InChI is InChI=1S/C21H21N3O4S/c1-28-19-11-7-16(8-12-19)15-22-29(26,27)20-13-9-18(10-14-20)24-21(25)23-17-5-3-2-4-6-17/h2-14,22H,15H2,1H3,(H2,23,24,25). The Labute approximate surface area is 169 Å². The molecule has 0 saturated heterocycles. The van der Waals surface area contributed by atoms with Gasteiger partial charge >= 0.3 is 6.03 Å². The van der Waals surface area contributed by atoms with Crippen molar-refractivity contribution in [2.45, 2.75) is 11.4 Å². The van der Waals surface area contributed by atoms with Crippen LogP contribution < -0.4 is 20.1 Å². The molecule has 0 saturated carbocycles. The summed E-state index contributed by atoms with van der Waals surface area (Å²) >= 11 is 0. The minimum atomic E-state index is -3.68. The van der Waals surface area contributed by atoms with Crippen molar-refractivity contribution in [1.82, 2.24) is 4.72 Å². The van der Waals surface area contributed by atoms with Crippen LogP contribution in [0.1, 0.15) is 5.56 Å². The SMILES string of the molecule is COc1ccc(CNS(=O)(=O)c2ccc(NC(=O)Nc3ccccc3)cc2)cc1. The molecule has 2 amide bonds. The van der Waals surface area contributed by atoms with E-state index in [9.17, 15) is 13.2 Å². The maximum Gasteiger partial charge on any atom is 0.323 e. The second-order valence-corrected chi connectivity index (χ2v) is 7.91. The van der Waals surface area contributed by atoms with Gasteiger partial charge in [0, 0.05) is 17.9 Å². The van der Waals surface area contributed by atoms with Crippen LogP contribution in [0.4, 0.5) is 16.2 Å². The van der Waals surface area contributed by atoms with Gasteiger partial charge < -0.3 is 15.4 Å². The fourth-order valence-electron chi connectivity index (χ4n) is 2.54. The Morgan fingerprint density at radius 2 is 1.41 bits per heavy atom. The fourth-order valence-corrected chi connectivity index (χ4v) is 3.56. The number of anilines is 2. The summed E-state index contributed by atoms with van der Waals surface area (Å²) in [7, 11) is -2.11. The second kappa shape index (κ2) is 9.22. The molecule has 7 nitrogen and oxygen atoms in total. The molecule has 3 aromatic rings. The molecule has 0 atom stereocenters. The zero-order valence-corrected chi connectivity index (χ0v) is 16.6. The smallest absolute Gasteiger partial charge is 0.323 e. The summed E-state index contributed by atoms with van der Waals surface area (Å²) in [4.78, 5) is 12.1. The molecule has 0 spiro atoms. The van der Waals surface area contributed by atoms with E-state index in [4.69, 9.17) is 4.74 Å². The van der Waals surface area contributed by atoms with Crippen molar-refractivity contribution in [2.75, 3.05) is 17.7 Å². The highest BCUT2D eigenvalue weighted by molar-refractivity contribution is 7.89. The summed E-state index contributed by atoms with van der Waals surface area (Å²) in [6.45, 7) is 0.159. The monoisotopic (exact) mass is 411 g/mol. The molecule has 0 aliphatic carbocycles. The average Bonchev–Trinajstić information content (AvgIpc) is 2.74. The van der Waals surface area contributed by atoms with E-state index >= 15 is 0 Å². The molecule has 0 unspecified atom stereocenters. The molecular formula is C21H21N3O4S. The molecule has 0 fully saturated rings. The number of sulfonamides is 1.